The molecule has 0 bridgehead atoms. The van der Waals surface area contributed by atoms with Crippen LogP contribution in [0.1, 0.15) is 46.5 Å². The van der Waals surface area contributed by atoms with E-state index in [1.807, 2.05) is 6.92 Å². The van der Waals surface area contributed by atoms with Crippen LogP contribution in [0.2, 0.25) is 0 Å². The topological polar surface area (TPSA) is 52.6 Å². The summed E-state index contributed by atoms with van der Waals surface area (Å²) in [6.45, 7) is 4.93. The summed E-state index contributed by atoms with van der Waals surface area (Å²) < 4.78 is 35.9. The van der Waals surface area contributed by atoms with Crippen LogP contribution in [0.25, 0.3) is 0 Å². The molecule has 18 heavy (non-hydrogen) atoms. The molecule has 0 N–H and O–H groups in total. The Balaban J connectivity index is 4.82. The lowest BCUT2D eigenvalue weighted by molar-refractivity contribution is -0.123. The lowest BCUT2D eigenvalue weighted by Gasteiger charge is -2.25. The van der Waals surface area contributed by atoms with Gasteiger partial charge in [0, 0.05) is 6.42 Å². The molecular weight excluding hydrogens is 282 g/mol. The van der Waals surface area contributed by atoms with Crippen molar-refractivity contribution in [3.05, 3.63) is 0 Å². The Bertz CT molecular complexity index is 299. The predicted octanol–water partition coefficient (Wildman–Crippen LogP) is 4.26. The van der Waals surface area contributed by atoms with Crippen molar-refractivity contribution in [3.63, 3.8) is 0 Å². The molecule has 0 aliphatic rings. The Hall–Kier alpha value is 0.0400. The van der Waals surface area contributed by atoms with E-state index in [4.69, 9.17) is 20.6 Å². The first kappa shape index (κ1) is 18.0. The van der Waals surface area contributed by atoms with Crippen molar-refractivity contribution in [1.29, 1.82) is 0 Å². The van der Waals surface area contributed by atoms with Crippen molar-refractivity contribution < 1.29 is 22.8 Å². The quantitative estimate of drug-likeness (QED) is 0.344. The second kappa shape index (κ2) is 8.26. The zero-order valence-corrected chi connectivity index (χ0v) is 12.7. The second-order valence-electron chi connectivity index (χ2n) is 3.75. The van der Waals surface area contributed by atoms with E-state index in [1.54, 1.807) is 0 Å². The van der Waals surface area contributed by atoms with Gasteiger partial charge in [0.15, 0.2) is 5.78 Å². The van der Waals surface area contributed by atoms with Crippen LogP contribution in [0.5, 0.6) is 0 Å². The molecule has 0 aromatic heterocycles. The van der Waals surface area contributed by atoms with Crippen LogP contribution < -0.4 is 0 Å². The third kappa shape index (κ3) is 4.61. The molecule has 0 spiro atoms. The van der Waals surface area contributed by atoms with Crippen molar-refractivity contribution in [3.8, 4) is 0 Å². The van der Waals surface area contributed by atoms with Gasteiger partial charge in [-0.2, -0.15) is 0 Å². The summed E-state index contributed by atoms with van der Waals surface area (Å²) in [6.07, 6.45) is 2.11. The molecule has 0 aromatic rings. The third-order valence-corrected chi connectivity index (χ3v) is 5.25. The van der Waals surface area contributed by atoms with Crippen LogP contribution in [0.3, 0.4) is 0 Å². The van der Waals surface area contributed by atoms with Crippen molar-refractivity contribution in [2.75, 3.05) is 13.2 Å². The molecule has 0 saturated heterocycles. The highest BCUT2D eigenvalue weighted by Gasteiger charge is 2.56. The SMILES string of the molecule is CCCCCC(=O)[C@@](F)(Cl)P(=O)(OCC)OCC. The molecule has 0 unspecified atom stereocenters. The zero-order chi connectivity index (χ0) is 14.2. The number of carbonyl (C=O) groups is 1. The molecule has 1 atom stereocenters. The van der Waals surface area contributed by atoms with Crippen molar-refractivity contribution in [2.45, 2.75) is 51.3 Å². The number of alkyl halides is 2. The number of ketones is 1. The predicted molar refractivity (Wildman–Crippen MR) is 69.7 cm³/mol. The van der Waals surface area contributed by atoms with Gasteiger partial charge in [0.25, 0.3) is 0 Å². The standard InChI is InChI=1S/C11H21ClFO4P/c1-4-7-8-9-10(14)11(12,13)18(15,16-5-2)17-6-3/h4-9H2,1-3H3/t11-/m0/s1. The molecule has 0 saturated carbocycles. The maximum atomic E-state index is 14.2. The van der Waals surface area contributed by atoms with Gasteiger partial charge in [-0.05, 0) is 20.3 Å². The van der Waals surface area contributed by atoms with E-state index in [2.05, 4.69) is 0 Å². The molecule has 7 heteroatoms. The van der Waals surface area contributed by atoms with Crippen LogP contribution >= 0.6 is 19.2 Å². The normalized spacial score (nSPS) is 15.4. The highest BCUT2D eigenvalue weighted by molar-refractivity contribution is 7.58. The number of halogens is 2. The number of hydrogen-bond acceptors (Lipinski definition) is 4. The first-order valence-electron chi connectivity index (χ1n) is 6.16. The van der Waals surface area contributed by atoms with E-state index in [-0.39, 0.29) is 19.6 Å². The highest BCUT2D eigenvalue weighted by atomic mass is 35.5. The van der Waals surface area contributed by atoms with E-state index < -0.39 is 18.2 Å². The Morgan fingerprint density at radius 2 is 1.72 bits per heavy atom. The molecule has 0 heterocycles. The molecule has 4 nitrogen and oxygen atoms in total. The first-order valence-corrected chi connectivity index (χ1v) is 8.08. The number of Topliss-reactive ketones (excluding diaryl/α,β-unsaturated/α-hetero) is 1. The monoisotopic (exact) mass is 302 g/mol. The zero-order valence-electron chi connectivity index (χ0n) is 11.1. The van der Waals surface area contributed by atoms with E-state index in [9.17, 15) is 13.8 Å². The van der Waals surface area contributed by atoms with Gasteiger partial charge in [0.1, 0.15) is 0 Å². The average Bonchev–Trinajstić information content (AvgIpc) is 2.29. The van der Waals surface area contributed by atoms with Crippen molar-refractivity contribution in [2.24, 2.45) is 0 Å². The van der Waals surface area contributed by atoms with Crippen LogP contribution in [-0.4, -0.2) is 23.9 Å². The molecule has 108 valence electrons. The Morgan fingerprint density at radius 3 is 2.11 bits per heavy atom. The van der Waals surface area contributed by atoms with Crippen LogP contribution in [0, 0.1) is 0 Å². The van der Waals surface area contributed by atoms with Crippen LogP contribution in [-0.2, 0) is 18.4 Å². The smallest absolute Gasteiger partial charge is 0.305 e. The second-order valence-corrected chi connectivity index (χ2v) is 6.67. The molecule has 0 amide bonds. The average molecular weight is 303 g/mol. The Labute approximate surface area is 113 Å². The summed E-state index contributed by atoms with van der Waals surface area (Å²) in [7, 11) is -4.28. The molecule has 0 aromatic carbocycles. The maximum absolute atomic E-state index is 14.2. The number of hydrogen-bond donors (Lipinski definition) is 0. The maximum Gasteiger partial charge on any atom is 0.390 e. The Morgan fingerprint density at radius 1 is 1.22 bits per heavy atom. The van der Waals surface area contributed by atoms with E-state index in [0.717, 1.165) is 12.8 Å². The van der Waals surface area contributed by atoms with E-state index >= 15 is 0 Å². The Kier molecular flexibility index (Phi) is 8.28. The van der Waals surface area contributed by atoms with Crippen molar-refractivity contribution in [1.82, 2.24) is 0 Å². The largest absolute Gasteiger partial charge is 0.390 e. The molecule has 0 fully saturated rings. The summed E-state index contributed by atoms with van der Waals surface area (Å²) in [5, 5.41) is 0. The number of rotatable bonds is 10. The van der Waals surface area contributed by atoms with E-state index in [1.165, 1.54) is 13.8 Å². The minimum Gasteiger partial charge on any atom is -0.305 e. The molecule has 0 radical (unpaired) electrons. The van der Waals surface area contributed by atoms with Gasteiger partial charge in [0.2, 0.25) is 0 Å². The van der Waals surface area contributed by atoms with Gasteiger partial charge in [-0.15, -0.1) is 0 Å². The van der Waals surface area contributed by atoms with Gasteiger partial charge in [-0.1, -0.05) is 31.4 Å². The van der Waals surface area contributed by atoms with Gasteiger partial charge >= 0.3 is 12.5 Å². The summed E-state index contributed by atoms with van der Waals surface area (Å²) in [5.41, 5.74) is 0. The fraction of sp³-hybridized carbons (Fsp3) is 0.909. The number of unbranched alkanes of at least 4 members (excludes halogenated alkanes) is 2. The lowest BCUT2D eigenvalue weighted by Crippen LogP contribution is -2.29. The summed E-state index contributed by atoms with van der Waals surface area (Å²) in [5.74, 6) is -0.942. The van der Waals surface area contributed by atoms with Gasteiger partial charge < -0.3 is 9.05 Å². The van der Waals surface area contributed by atoms with E-state index in [0.29, 0.717) is 6.42 Å². The first-order chi connectivity index (χ1) is 8.35. The van der Waals surface area contributed by atoms with Crippen molar-refractivity contribution >= 4 is 25.0 Å². The summed E-state index contributed by atoms with van der Waals surface area (Å²) in [6, 6.07) is 0. The minimum absolute atomic E-state index is 0.0437. The molecular formula is C11H21ClFO4P. The molecule has 0 aliphatic heterocycles. The van der Waals surface area contributed by atoms with Crippen LogP contribution in [0.4, 0.5) is 4.39 Å². The summed E-state index contributed by atoms with van der Waals surface area (Å²) >= 11 is 5.50. The van der Waals surface area contributed by atoms with Gasteiger partial charge in [-0.3, -0.25) is 9.36 Å². The van der Waals surface area contributed by atoms with Crippen LogP contribution in [0.15, 0.2) is 0 Å². The summed E-state index contributed by atoms with van der Waals surface area (Å²) in [4.78, 5) is 8.61. The fourth-order valence-corrected chi connectivity index (χ4v) is 3.26. The number of carbonyl (C=O) groups excluding carboxylic acids is 1. The fourth-order valence-electron chi connectivity index (χ4n) is 1.38. The van der Waals surface area contributed by atoms with Gasteiger partial charge in [0.05, 0.1) is 13.2 Å². The molecule has 0 aliphatic carbocycles. The lowest BCUT2D eigenvalue weighted by atomic mass is 10.1. The molecule has 0 rings (SSSR count). The van der Waals surface area contributed by atoms with Gasteiger partial charge in [-0.25, -0.2) is 4.39 Å². The minimum atomic E-state index is -4.28. The highest BCUT2D eigenvalue weighted by Crippen LogP contribution is 2.63. The third-order valence-electron chi connectivity index (χ3n) is 2.28.